The first-order valence-corrected chi connectivity index (χ1v) is 7.85. The van der Waals surface area contributed by atoms with Gasteiger partial charge in [-0.2, -0.15) is 0 Å². The second-order valence-corrected chi connectivity index (χ2v) is 7.55. The molecule has 1 amide bonds. The first kappa shape index (κ1) is 15.2. The van der Waals surface area contributed by atoms with Crippen LogP contribution in [0.25, 0.3) is 0 Å². The van der Waals surface area contributed by atoms with Gasteiger partial charge in [0.2, 0.25) is 17.0 Å². The number of nitrogens with zero attached hydrogens (tertiary/aromatic N) is 2. The smallest absolute Gasteiger partial charge is 0.231 e. The molecule has 4 rings (SSSR count). The van der Waals surface area contributed by atoms with Gasteiger partial charge in [0.05, 0.1) is 12.0 Å². The number of hydrogen-bond donors (Lipinski definition) is 1. The highest BCUT2D eigenvalue weighted by molar-refractivity contribution is 5.76. The number of rotatable bonds is 5. The van der Waals surface area contributed by atoms with Crippen LogP contribution in [0.5, 0.6) is 0 Å². The molecule has 1 N–H and O–H groups in total. The molecular weight excluding hydrogens is 290 g/mol. The Morgan fingerprint density at radius 2 is 1.64 bits per heavy atom. The molecule has 0 aliphatic heterocycles. The van der Waals surface area contributed by atoms with Crippen molar-refractivity contribution in [2.75, 3.05) is 0 Å². The van der Waals surface area contributed by atoms with Crippen molar-refractivity contribution in [1.29, 1.82) is 0 Å². The number of amides is 1. The van der Waals surface area contributed by atoms with Gasteiger partial charge >= 0.3 is 0 Å². The number of carbonyl (C=O) groups excluding carboxylic acids is 1. The van der Waals surface area contributed by atoms with Gasteiger partial charge in [-0.25, -0.2) is 0 Å². The van der Waals surface area contributed by atoms with Crippen molar-refractivity contribution >= 4 is 5.91 Å². The summed E-state index contributed by atoms with van der Waals surface area (Å²) in [7, 11) is 0. The van der Waals surface area contributed by atoms with Crippen molar-refractivity contribution in [2.24, 2.45) is 5.92 Å². The zero-order chi connectivity index (χ0) is 16.2. The highest BCUT2D eigenvalue weighted by Gasteiger charge is 2.74. The zero-order valence-corrected chi connectivity index (χ0v) is 12.7. The first-order chi connectivity index (χ1) is 10.2. The van der Waals surface area contributed by atoms with Crippen LogP contribution in [0.3, 0.4) is 0 Å². The lowest BCUT2D eigenvalue weighted by atomic mass is 9.47. The molecule has 2 atom stereocenters. The summed E-state index contributed by atoms with van der Waals surface area (Å²) >= 11 is 0. The minimum absolute atomic E-state index is 0.00188. The normalized spacial score (nSPS) is 42.1. The minimum atomic E-state index is -1.24. The number of carbonyl (C=O) groups is 1. The summed E-state index contributed by atoms with van der Waals surface area (Å²) < 4.78 is 0. The average Bonchev–Trinajstić information content (AvgIpc) is 2.36. The summed E-state index contributed by atoms with van der Waals surface area (Å²) in [6.07, 6.45) is 2.94. The summed E-state index contributed by atoms with van der Waals surface area (Å²) in [5.41, 5.74) is -3.26. The van der Waals surface area contributed by atoms with Crippen LogP contribution in [0.1, 0.15) is 58.3 Å². The van der Waals surface area contributed by atoms with Crippen molar-refractivity contribution in [1.82, 2.24) is 5.32 Å². The number of nitro groups is 2. The van der Waals surface area contributed by atoms with Crippen LogP contribution in [-0.4, -0.2) is 32.4 Å². The molecule has 122 valence electrons. The van der Waals surface area contributed by atoms with E-state index in [4.69, 9.17) is 0 Å². The van der Waals surface area contributed by atoms with E-state index in [2.05, 4.69) is 5.32 Å². The lowest BCUT2D eigenvalue weighted by Crippen LogP contribution is -2.74. The number of hydrogen-bond acceptors (Lipinski definition) is 5. The van der Waals surface area contributed by atoms with E-state index in [0.29, 0.717) is 32.1 Å². The molecular formula is C14H21N3O5. The van der Waals surface area contributed by atoms with Gasteiger partial charge in [-0.05, 0) is 18.8 Å². The fraction of sp³-hybridized carbons (Fsp3) is 0.929. The van der Waals surface area contributed by atoms with Gasteiger partial charge < -0.3 is 5.32 Å². The van der Waals surface area contributed by atoms with Crippen LogP contribution in [0.2, 0.25) is 0 Å². The van der Waals surface area contributed by atoms with E-state index < -0.39 is 16.6 Å². The molecule has 8 nitrogen and oxygen atoms in total. The predicted molar refractivity (Wildman–Crippen MR) is 76.4 cm³/mol. The Balaban J connectivity index is 1.97. The quantitative estimate of drug-likeness (QED) is 0.612. The fourth-order valence-electron chi connectivity index (χ4n) is 5.47. The van der Waals surface area contributed by atoms with Crippen molar-refractivity contribution in [3.8, 4) is 0 Å². The van der Waals surface area contributed by atoms with E-state index in [1.165, 1.54) is 0 Å². The molecule has 4 fully saturated rings. The third kappa shape index (κ3) is 2.07. The molecule has 4 aliphatic carbocycles. The third-order valence-electron chi connectivity index (χ3n) is 5.67. The summed E-state index contributed by atoms with van der Waals surface area (Å²) in [6.45, 7) is 1.89. The van der Waals surface area contributed by atoms with Crippen molar-refractivity contribution in [3.63, 3.8) is 0 Å². The lowest BCUT2D eigenvalue weighted by molar-refractivity contribution is -0.645. The van der Waals surface area contributed by atoms with Crippen molar-refractivity contribution in [2.45, 2.75) is 74.9 Å². The van der Waals surface area contributed by atoms with Crippen LogP contribution >= 0.6 is 0 Å². The highest BCUT2D eigenvalue weighted by Crippen LogP contribution is 2.61. The van der Waals surface area contributed by atoms with Gasteiger partial charge in [0.1, 0.15) is 0 Å². The molecule has 0 aromatic rings. The molecule has 0 aromatic heterocycles. The second-order valence-electron chi connectivity index (χ2n) is 7.55. The van der Waals surface area contributed by atoms with Crippen LogP contribution in [0, 0.1) is 26.1 Å². The lowest BCUT2D eigenvalue weighted by Gasteiger charge is -2.58. The first-order valence-electron chi connectivity index (χ1n) is 7.85. The van der Waals surface area contributed by atoms with Crippen molar-refractivity contribution in [3.05, 3.63) is 20.2 Å². The summed E-state index contributed by atoms with van der Waals surface area (Å²) in [6, 6.07) is 0. The minimum Gasteiger partial charge on any atom is -0.350 e. The van der Waals surface area contributed by atoms with E-state index >= 15 is 0 Å². The molecule has 0 radical (unpaired) electrons. The Bertz CT molecular complexity index is 519. The van der Waals surface area contributed by atoms with Gasteiger partial charge in [-0.15, -0.1) is 0 Å². The molecule has 4 bridgehead atoms. The molecule has 0 saturated heterocycles. The van der Waals surface area contributed by atoms with Crippen LogP contribution < -0.4 is 5.32 Å². The third-order valence-corrected chi connectivity index (χ3v) is 5.67. The molecule has 0 heterocycles. The van der Waals surface area contributed by atoms with Crippen molar-refractivity contribution < 1.29 is 14.6 Å². The maximum atomic E-state index is 12.0. The van der Waals surface area contributed by atoms with E-state index in [1.54, 1.807) is 0 Å². The molecule has 2 unspecified atom stereocenters. The van der Waals surface area contributed by atoms with Gasteiger partial charge in [-0.1, -0.05) is 6.92 Å². The summed E-state index contributed by atoms with van der Waals surface area (Å²) in [5.74, 6) is -0.199. The summed E-state index contributed by atoms with van der Waals surface area (Å²) in [5, 5.41) is 26.2. The van der Waals surface area contributed by atoms with E-state index in [0.717, 1.165) is 0 Å². The molecule has 22 heavy (non-hydrogen) atoms. The molecule has 4 saturated carbocycles. The van der Waals surface area contributed by atoms with Gasteiger partial charge in [0.25, 0.3) is 0 Å². The van der Waals surface area contributed by atoms with Crippen LogP contribution in [0.15, 0.2) is 0 Å². The maximum absolute atomic E-state index is 12.0. The standard InChI is InChI=1S/C14H21N3O5/c1-2-3-11(18)15-12-4-10-5-13(7-12,16(19)20)9-14(6-10,8-12)17(21)22/h10H,2-9H2,1H3,(H,15,18). The second kappa shape index (κ2) is 4.63. The topological polar surface area (TPSA) is 115 Å². The summed E-state index contributed by atoms with van der Waals surface area (Å²) in [4.78, 5) is 34.7. The van der Waals surface area contributed by atoms with E-state index in [9.17, 15) is 25.0 Å². The van der Waals surface area contributed by atoms with Gasteiger partial charge in [-0.3, -0.25) is 25.0 Å². The van der Waals surface area contributed by atoms with Crippen LogP contribution in [-0.2, 0) is 4.79 Å². The Kier molecular flexibility index (Phi) is 3.19. The molecule has 0 spiro atoms. The Morgan fingerprint density at radius 3 is 2.09 bits per heavy atom. The number of nitrogens with one attached hydrogen (secondary N) is 1. The molecule has 8 heteroatoms. The average molecular weight is 311 g/mol. The highest BCUT2D eigenvalue weighted by atomic mass is 16.6. The van der Waals surface area contributed by atoms with Gasteiger partial charge in [0, 0.05) is 42.0 Å². The SMILES string of the molecule is CCCC(=O)NC12CC3CC([N+](=O)[O-])(C1)CC([N+](=O)[O-])(C3)C2. The Labute approximate surface area is 127 Å². The maximum Gasteiger partial charge on any atom is 0.231 e. The Morgan fingerprint density at radius 1 is 1.09 bits per heavy atom. The molecule has 4 aliphatic rings. The van der Waals surface area contributed by atoms with E-state index in [-0.39, 0.29) is 40.9 Å². The van der Waals surface area contributed by atoms with E-state index in [1.807, 2.05) is 6.92 Å². The largest absolute Gasteiger partial charge is 0.350 e. The molecule has 0 aromatic carbocycles. The fourth-order valence-corrected chi connectivity index (χ4v) is 5.47. The van der Waals surface area contributed by atoms with Gasteiger partial charge in [0.15, 0.2) is 0 Å². The predicted octanol–water partition coefficient (Wildman–Crippen LogP) is 1.67. The van der Waals surface area contributed by atoms with Crippen LogP contribution in [0.4, 0.5) is 0 Å². The monoisotopic (exact) mass is 311 g/mol. The zero-order valence-electron chi connectivity index (χ0n) is 12.7. The Hall–Kier alpha value is -1.73.